The fourth-order valence-corrected chi connectivity index (χ4v) is 4.00. The number of phenolic OH excluding ortho intramolecular Hbond substituents is 1. The number of hydrogen-bond donors (Lipinski definition) is 1. The third kappa shape index (κ3) is 2.56. The zero-order valence-corrected chi connectivity index (χ0v) is 13.1. The third-order valence-corrected chi connectivity index (χ3v) is 5.66. The Kier molecular flexibility index (Phi) is 3.97. The Labute approximate surface area is 128 Å². The van der Waals surface area contributed by atoms with Crippen molar-refractivity contribution < 1.29 is 5.11 Å². The first-order valence-electron chi connectivity index (χ1n) is 8.39. The summed E-state index contributed by atoms with van der Waals surface area (Å²) in [4.78, 5) is 2.55. The standard InChI is InChI=1S/C19H27NO/c1-3-16-6-4-13-20(14-16)15(2)19(11-5-12-19)17-7-9-18(21)10-8-17/h7-10,16,21H,2-6,11-14H2,1H3. The van der Waals surface area contributed by atoms with Gasteiger partial charge in [-0.05, 0) is 49.3 Å². The van der Waals surface area contributed by atoms with Gasteiger partial charge in [0.2, 0.25) is 0 Å². The lowest BCUT2D eigenvalue weighted by atomic mass is 9.62. The zero-order chi connectivity index (χ0) is 14.9. The molecule has 1 N–H and O–H groups in total. The second kappa shape index (κ2) is 5.75. The molecule has 1 aromatic rings. The minimum atomic E-state index is 0.128. The molecule has 21 heavy (non-hydrogen) atoms. The summed E-state index contributed by atoms with van der Waals surface area (Å²) in [6.45, 7) is 9.14. The molecule has 1 saturated carbocycles. The van der Waals surface area contributed by atoms with Gasteiger partial charge in [-0.1, -0.05) is 38.5 Å². The monoisotopic (exact) mass is 285 g/mol. The van der Waals surface area contributed by atoms with Crippen LogP contribution in [0.4, 0.5) is 0 Å². The summed E-state index contributed by atoms with van der Waals surface area (Å²) in [5, 5.41) is 9.53. The molecule has 1 aliphatic carbocycles. The van der Waals surface area contributed by atoms with Crippen LogP contribution in [0.15, 0.2) is 36.5 Å². The van der Waals surface area contributed by atoms with Gasteiger partial charge in [0, 0.05) is 24.2 Å². The highest BCUT2D eigenvalue weighted by Crippen LogP contribution is 2.50. The molecule has 0 aromatic heterocycles. The fraction of sp³-hybridized carbons (Fsp3) is 0.579. The quantitative estimate of drug-likeness (QED) is 0.883. The van der Waals surface area contributed by atoms with Crippen molar-refractivity contribution in [2.45, 2.75) is 50.9 Å². The number of phenols is 1. The summed E-state index contributed by atoms with van der Waals surface area (Å²) < 4.78 is 0. The predicted molar refractivity (Wildman–Crippen MR) is 87.4 cm³/mol. The molecule has 0 radical (unpaired) electrons. The Morgan fingerprint density at radius 3 is 2.57 bits per heavy atom. The summed E-state index contributed by atoms with van der Waals surface area (Å²) in [5.74, 6) is 1.18. The van der Waals surface area contributed by atoms with Gasteiger partial charge in [0.15, 0.2) is 0 Å². The van der Waals surface area contributed by atoms with Crippen molar-refractivity contribution in [3.63, 3.8) is 0 Å². The maximum atomic E-state index is 9.53. The van der Waals surface area contributed by atoms with E-state index in [0.29, 0.717) is 5.75 Å². The number of rotatable bonds is 4. The molecule has 1 heterocycles. The van der Waals surface area contributed by atoms with Gasteiger partial charge in [-0.2, -0.15) is 0 Å². The van der Waals surface area contributed by atoms with E-state index in [1.807, 2.05) is 12.1 Å². The highest BCUT2D eigenvalue weighted by molar-refractivity contribution is 5.40. The van der Waals surface area contributed by atoms with Crippen LogP contribution in [0, 0.1) is 5.92 Å². The lowest BCUT2D eigenvalue weighted by Gasteiger charge is -2.50. The van der Waals surface area contributed by atoms with Gasteiger partial charge in [-0.3, -0.25) is 0 Å². The molecule has 1 saturated heterocycles. The summed E-state index contributed by atoms with van der Waals surface area (Å²) in [5.41, 5.74) is 2.77. The van der Waals surface area contributed by atoms with E-state index >= 15 is 0 Å². The smallest absolute Gasteiger partial charge is 0.115 e. The first-order chi connectivity index (χ1) is 10.2. The van der Waals surface area contributed by atoms with Gasteiger partial charge in [-0.15, -0.1) is 0 Å². The van der Waals surface area contributed by atoms with E-state index in [1.54, 1.807) is 0 Å². The van der Waals surface area contributed by atoms with Crippen molar-refractivity contribution in [2.75, 3.05) is 13.1 Å². The SMILES string of the molecule is C=C(N1CCCC(CC)C1)C1(c2ccc(O)cc2)CCC1. The fourth-order valence-electron chi connectivity index (χ4n) is 4.00. The average molecular weight is 285 g/mol. The van der Waals surface area contributed by atoms with Crippen LogP contribution in [0.2, 0.25) is 0 Å². The molecule has 0 amide bonds. The van der Waals surface area contributed by atoms with Crippen LogP contribution in [-0.2, 0) is 5.41 Å². The lowest BCUT2D eigenvalue weighted by molar-refractivity contribution is 0.153. The van der Waals surface area contributed by atoms with Crippen LogP contribution < -0.4 is 0 Å². The van der Waals surface area contributed by atoms with Crippen LogP contribution in [0.3, 0.4) is 0 Å². The number of piperidine rings is 1. The molecule has 3 rings (SSSR count). The molecule has 114 valence electrons. The number of aromatic hydroxyl groups is 1. The maximum absolute atomic E-state index is 9.53. The Morgan fingerprint density at radius 2 is 2.00 bits per heavy atom. The van der Waals surface area contributed by atoms with Gasteiger partial charge in [0.25, 0.3) is 0 Å². The van der Waals surface area contributed by atoms with E-state index in [9.17, 15) is 5.11 Å². The third-order valence-electron chi connectivity index (χ3n) is 5.66. The molecule has 2 heteroatoms. The minimum absolute atomic E-state index is 0.128. The highest BCUT2D eigenvalue weighted by atomic mass is 16.3. The molecule has 0 bridgehead atoms. The Bertz CT molecular complexity index is 501. The molecule has 1 aromatic carbocycles. The molecule has 0 spiro atoms. The number of hydrogen-bond acceptors (Lipinski definition) is 2. The number of benzene rings is 1. The van der Waals surface area contributed by atoms with Crippen molar-refractivity contribution in [3.05, 3.63) is 42.1 Å². The van der Waals surface area contributed by atoms with Crippen molar-refractivity contribution in [2.24, 2.45) is 5.92 Å². The largest absolute Gasteiger partial charge is 0.508 e. The first-order valence-corrected chi connectivity index (χ1v) is 8.39. The molecule has 2 nitrogen and oxygen atoms in total. The lowest BCUT2D eigenvalue weighted by Crippen LogP contribution is -2.46. The summed E-state index contributed by atoms with van der Waals surface area (Å²) in [6, 6.07) is 7.79. The Morgan fingerprint density at radius 1 is 1.29 bits per heavy atom. The van der Waals surface area contributed by atoms with Crippen molar-refractivity contribution in [1.82, 2.24) is 4.90 Å². The van der Waals surface area contributed by atoms with Gasteiger partial charge >= 0.3 is 0 Å². The highest BCUT2D eigenvalue weighted by Gasteiger charge is 2.43. The Hall–Kier alpha value is -1.44. The first kappa shape index (κ1) is 14.5. The second-order valence-electron chi connectivity index (χ2n) is 6.79. The summed E-state index contributed by atoms with van der Waals surface area (Å²) >= 11 is 0. The molecule has 1 atom stereocenters. The van der Waals surface area contributed by atoms with Crippen molar-refractivity contribution >= 4 is 0 Å². The van der Waals surface area contributed by atoms with Crippen LogP contribution in [0.25, 0.3) is 0 Å². The molecule has 1 aliphatic heterocycles. The number of likely N-dealkylation sites (tertiary alicyclic amines) is 1. The Balaban J connectivity index is 1.82. The van der Waals surface area contributed by atoms with Crippen LogP contribution in [0.1, 0.15) is 51.0 Å². The topological polar surface area (TPSA) is 23.5 Å². The molecular formula is C19H27NO. The maximum Gasteiger partial charge on any atom is 0.115 e. The van der Waals surface area contributed by atoms with Crippen molar-refractivity contribution in [1.29, 1.82) is 0 Å². The molecule has 2 fully saturated rings. The predicted octanol–water partition coefficient (Wildman–Crippen LogP) is 4.45. The normalized spacial score (nSPS) is 24.4. The molecular weight excluding hydrogens is 258 g/mol. The van der Waals surface area contributed by atoms with Crippen LogP contribution in [-0.4, -0.2) is 23.1 Å². The summed E-state index contributed by atoms with van der Waals surface area (Å²) in [7, 11) is 0. The minimum Gasteiger partial charge on any atom is -0.508 e. The number of allylic oxidation sites excluding steroid dienone is 1. The van der Waals surface area contributed by atoms with Gasteiger partial charge in [0.1, 0.15) is 5.75 Å². The number of nitrogens with zero attached hydrogens (tertiary/aromatic N) is 1. The van der Waals surface area contributed by atoms with E-state index in [4.69, 9.17) is 0 Å². The van der Waals surface area contributed by atoms with E-state index in [0.717, 1.165) is 12.5 Å². The van der Waals surface area contributed by atoms with Crippen LogP contribution >= 0.6 is 0 Å². The van der Waals surface area contributed by atoms with Gasteiger partial charge in [-0.25, -0.2) is 0 Å². The van der Waals surface area contributed by atoms with Gasteiger partial charge in [0.05, 0.1) is 0 Å². The van der Waals surface area contributed by atoms with E-state index < -0.39 is 0 Å². The average Bonchev–Trinajstić information content (AvgIpc) is 2.48. The summed E-state index contributed by atoms with van der Waals surface area (Å²) in [6.07, 6.45) is 7.62. The van der Waals surface area contributed by atoms with E-state index in [2.05, 4.69) is 30.5 Å². The zero-order valence-electron chi connectivity index (χ0n) is 13.1. The molecule has 1 unspecified atom stereocenters. The van der Waals surface area contributed by atoms with Crippen LogP contribution in [0.5, 0.6) is 5.75 Å². The molecule has 2 aliphatic rings. The second-order valence-corrected chi connectivity index (χ2v) is 6.79. The van der Waals surface area contributed by atoms with E-state index in [1.165, 1.54) is 56.3 Å². The van der Waals surface area contributed by atoms with E-state index in [-0.39, 0.29) is 5.41 Å². The van der Waals surface area contributed by atoms with Gasteiger partial charge < -0.3 is 10.0 Å². The van der Waals surface area contributed by atoms with Crippen molar-refractivity contribution in [3.8, 4) is 5.75 Å².